The number of nitrogens with zero attached hydrogens (tertiary/aromatic N) is 4. The maximum absolute atomic E-state index is 13.0. The molecule has 3 heterocycles. The van der Waals surface area contributed by atoms with Crippen molar-refractivity contribution in [1.82, 2.24) is 14.9 Å². The van der Waals surface area contributed by atoms with Gasteiger partial charge >= 0.3 is 6.03 Å². The summed E-state index contributed by atoms with van der Waals surface area (Å²) in [5, 5.41) is 15.4. The molecule has 2 saturated heterocycles. The number of para-hydroxylation sites is 1. The van der Waals surface area contributed by atoms with Crippen molar-refractivity contribution in [3.63, 3.8) is 0 Å². The first kappa shape index (κ1) is 33.2. The van der Waals surface area contributed by atoms with Gasteiger partial charge in [0.2, 0.25) is 5.95 Å². The highest BCUT2D eigenvalue weighted by atomic mass is 16.7. The van der Waals surface area contributed by atoms with Crippen LogP contribution in [-0.2, 0) is 16.1 Å². The number of aliphatic hydroxyl groups is 1. The van der Waals surface area contributed by atoms with Crippen molar-refractivity contribution >= 4 is 23.4 Å². The molecular formula is C39H40N6O5. The van der Waals surface area contributed by atoms with Gasteiger partial charge < -0.3 is 34.9 Å². The van der Waals surface area contributed by atoms with Gasteiger partial charge in [-0.15, -0.1) is 0 Å². The Morgan fingerprint density at radius 1 is 0.760 bits per heavy atom. The number of anilines is 3. The fourth-order valence-electron chi connectivity index (χ4n) is 6.19. The van der Waals surface area contributed by atoms with Crippen molar-refractivity contribution in [3.8, 4) is 11.5 Å². The number of aliphatic hydroxyl groups excluding tert-OH is 1. The molecule has 7 rings (SSSR count). The van der Waals surface area contributed by atoms with Crippen LogP contribution in [0.5, 0.6) is 11.5 Å². The molecule has 0 saturated carbocycles. The molecule has 11 nitrogen and oxygen atoms in total. The molecule has 2 aliphatic rings. The molecule has 0 spiro atoms. The molecule has 0 aliphatic carbocycles. The Balaban J connectivity index is 1.00. The van der Waals surface area contributed by atoms with E-state index in [1.807, 2.05) is 97.1 Å². The summed E-state index contributed by atoms with van der Waals surface area (Å²) in [6.07, 6.45) is 3.29. The van der Waals surface area contributed by atoms with Gasteiger partial charge in [0.05, 0.1) is 18.8 Å². The maximum Gasteiger partial charge on any atom is 0.323 e. The molecule has 0 radical (unpaired) electrons. The standard InChI is InChI=1S/C39H40N6O5/c46-27-28-10-12-29(13-11-28)36-25-35(26-44-20-22-45(23-21-44)38-40-18-5-19-41-38)49-37(50-36)30-6-4-7-32(24-30)43-39(47)42-31-14-16-34(17-15-31)48-33-8-2-1-3-9-33/h1-19,24,35-37,46H,20-23,25-27H2,(H2,42,43,47)/t35-,36+,37+/m1/s1. The molecule has 2 aliphatic heterocycles. The molecule has 1 aromatic heterocycles. The number of benzene rings is 4. The number of amides is 2. The first-order valence-electron chi connectivity index (χ1n) is 16.8. The van der Waals surface area contributed by atoms with Gasteiger partial charge in [-0.1, -0.05) is 54.6 Å². The van der Waals surface area contributed by atoms with E-state index in [9.17, 15) is 9.90 Å². The average molecular weight is 673 g/mol. The van der Waals surface area contributed by atoms with Crippen LogP contribution < -0.4 is 20.3 Å². The monoisotopic (exact) mass is 672 g/mol. The number of ether oxygens (including phenoxy) is 3. The minimum atomic E-state index is -0.641. The Labute approximate surface area is 291 Å². The quantitative estimate of drug-likeness (QED) is 0.148. The third-order valence-electron chi connectivity index (χ3n) is 8.79. The predicted molar refractivity (Wildman–Crippen MR) is 191 cm³/mol. The van der Waals surface area contributed by atoms with Crippen LogP contribution in [0.15, 0.2) is 122 Å². The second-order valence-corrected chi connectivity index (χ2v) is 12.3. The number of hydrogen-bond donors (Lipinski definition) is 3. The van der Waals surface area contributed by atoms with Gasteiger partial charge in [-0.2, -0.15) is 0 Å². The molecule has 5 aromatic rings. The fourth-order valence-corrected chi connectivity index (χ4v) is 6.19. The van der Waals surface area contributed by atoms with Crippen molar-refractivity contribution in [3.05, 3.63) is 138 Å². The third-order valence-corrected chi connectivity index (χ3v) is 8.79. The number of hydrogen-bond acceptors (Lipinski definition) is 9. The molecule has 0 unspecified atom stereocenters. The summed E-state index contributed by atoms with van der Waals surface area (Å²) in [6, 6.07) is 33.6. The molecule has 3 N–H and O–H groups in total. The van der Waals surface area contributed by atoms with Gasteiger partial charge in [-0.3, -0.25) is 4.90 Å². The number of piperazine rings is 1. The minimum absolute atomic E-state index is 0.0124. The number of carbonyl (C=O) groups excluding carboxylic acids is 1. The van der Waals surface area contributed by atoms with E-state index in [0.717, 1.165) is 61.1 Å². The third kappa shape index (κ3) is 8.63. The zero-order valence-corrected chi connectivity index (χ0v) is 27.6. The fraction of sp³-hybridized carbons (Fsp3) is 0.256. The Hall–Kier alpha value is -5.33. The number of carbonyl (C=O) groups is 1. The largest absolute Gasteiger partial charge is 0.457 e. The molecule has 0 bridgehead atoms. The summed E-state index contributed by atoms with van der Waals surface area (Å²) in [4.78, 5) is 26.4. The van der Waals surface area contributed by atoms with E-state index < -0.39 is 6.29 Å². The number of rotatable bonds is 10. The van der Waals surface area contributed by atoms with Gasteiger partial charge in [0, 0.05) is 68.5 Å². The van der Waals surface area contributed by atoms with E-state index in [2.05, 4.69) is 30.4 Å². The summed E-state index contributed by atoms with van der Waals surface area (Å²) in [7, 11) is 0. The highest BCUT2D eigenvalue weighted by molar-refractivity contribution is 5.99. The second-order valence-electron chi connectivity index (χ2n) is 12.3. The summed E-state index contributed by atoms with van der Waals surface area (Å²) < 4.78 is 19.0. The van der Waals surface area contributed by atoms with Gasteiger partial charge in [0.15, 0.2) is 6.29 Å². The van der Waals surface area contributed by atoms with Crippen LogP contribution in [0.3, 0.4) is 0 Å². The van der Waals surface area contributed by atoms with E-state index in [1.165, 1.54) is 0 Å². The lowest BCUT2D eigenvalue weighted by Crippen LogP contribution is -2.50. The smallest absolute Gasteiger partial charge is 0.323 e. The van der Waals surface area contributed by atoms with Crippen LogP contribution in [0.1, 0.15) is 35.5 Å². The van der Waals surface area contributed by atoms with Crippen LogP contribution >= 0.6 is 0 Å². The summed E-state index contributed by atoms with van der Waals surface area (Å²) in [5.74, 6) is 2.17. The summed E-state index contributed by atoms with van der Waals surface area (Å²) >= 11 is 0. The number of urea groups is 1. The molecule has 3 atom stereocenters. The van der Waals surface area contributed by atoms with Crippen LogP contribution in [-0.4, -0.2) is 64.8 Å². The Bertz CT molecular complexity index is 1820. The van der Waals surface area contributed by atoms with Gasteiger partial charge in [-0.25, -0.2) is 14.8 Å². The number of nitrogens with one attached hydrogen (secondary N) is 2. The van der Waals surface area contributed by atoms with Crippen molar-refractivity contribution in [1.29, 1.82) is 0 Å². The zero-order chi connectivity index (χ0) is 34.1. The summed E-state index contributed by atoms with van der Waals surface area (Å²) in [5.41, 5.74) is 3.93. The lowest BCUT2D eigenvalue weighted by molar-refractivity contribution is -0.253. The highest BCUT2D eigenvalue weighted by Crippen LogP contribution is 2.39. The predicted octanol–water partition coefficient (Wildman–Crippen LogP) is 6.77. The maximum atomic E-state index is 13.0. The molecule has 256 valence electrons. The van der Waals surface area contributed by atoms with Gasteiger partial charge in [0.1, 0.15) is 11.5 Å². The lowest BCUT2D eigenvalue weighted by atomic mass is 9.99. The molecule has 2 amide bonds. The second kappa shape index (κ2) is 15.9. The average Bonchev–Trinajstić information content (AvgIpc) is 3.17. The van der Waals surface area contributed by atoms with E-state index in [1.54, 1.807) is 24.5 Å². The van der Waals surface area contributed by atoms with Crippen molar-refractivity contribution in [2.24, 2.45) is 0 Å². The minimum Gasteiger partial charge on any atom is -0.457 e. The topological polar surface area (TPSA) is 121 Å². The van der Waals surface area contributed by atoms with E-state index in [4.69, 9.17) is 14.2 Å². The van der Waals surface area contributed by atoms with Crippen molar-refractivity contribution in [2.45, 2.75) is 31.5 Å². The molecular weight excluding hydrogens is 632 g/mol. The number of aromatic nitrogens is 2. The van der Waals surface area contributed by atoms with Crippen LogP contribution in [0, 0.1) is 0 Å². The molecule has 11 heteroatoms. The highest BCUT2D eigenvalue weighted by Gasteiger charge is 2.34. The SMILES string of the molecule is O=C(Nc1ccc(Oc2ccccc2)cc1)Nc1cccc([C@H]2O[C@@H](CN3CCN(c4ncccn4)CC3)C[C@@H](c3ccc(CO)cc3)O2)c1. The Kier molecular flexibility index (Phi) is 10.6. The van der Waals surface area contributed by atoms with Crippen molar-refractivity contribution < 1.29 is 24.1 Å². The molecule has 2 fully saturated rings. The first-order valence-corrected chi connectivity index (χ1v) is 16.8. The molecule has 4 aromatic carbocycles. The lowest BCUT2D eigenvalue weighted by Gasteiger charge is -2.40. The normalized spacial score (nSPS) is 19.5. The summed E-state index contributed by atoms with van der Waals surface area (Å²) in [6.45, 7) is 4.16. The van der Waals surface area contributed by atoms with Crippen molar-refractivity contribution in [2.75, 3.05) is 48.3 Å². The Morgan fingerprint density at radius 2 is 1.48 bits per heavy atom. The van der Waals surface area contributed by atoms with Crippen LogP contribution in [0.2, 0.25) is 0 Å². The van der Waals surface area contributed by atoms with Crippen LogP contribution in [0.4, 0.5) is 22.1 Å². The molecule has 50 heavy (non-hydrogen) atoms. The van der Waals surface area contributed by atoms with E-state index in [-0.39, 0.29) is 24.8 Å². The first-order chi connectivity index (χ1) is 24.6. The van der Waals surface area contributed by atoms with Gasteiger partial charge in [0.25, 0.3) is 0 Å². The van der Waals surface area contributed by atoms with Crippen LogP contribution in [0.25, 0.3) is 0 Å². The van der Waals surface area contributed by atoms with E-state index in [0.29, 0.717) is 23.5 Å². The van der Waals surface area contributed by atoms with E-state index >= 15 is 0 Å². The van der Waals surface area contributed by atoms with Gasteiger partial charge in [-0.05, 0) is 65.7 Å². The zero-order valence-electron chi connectivity index (χ0n) is 27.6. The Morgan fingerprint density at radius 3 is 2.22 bits per heavy atom.